The fourth-order valence-corrected chi connectivity index (χ4v) is 2.64. The highest BCUT2D eigenvalue weighted by Gasteiger charge is 2.41. The maximum absolute atomic E-state index is 12.4. The van der Waals surface area contributed by atoms with E-state index in [1.165, 1.54) is 12.8 Å². The van der Waals surface area contributed by atoms with E-state index < -0.39 is 5.54 Å². The standard InChI is InChI=1S/C14H22N4O2/c15-7-8-16-12(19)10-18-14(5-1-2-6-14)13(20)17-9-11-3-4-11/h11,18H,1-6,8-10H2,(H,16,19)(H,17,20). The van der Waals surface area contributed by atoms with Gasteiger partial charge in [0.15, 0.2) is 0 Å². The summed E-state index contributed by atoms with van der Waals surface area (Å²) in [6.07, 6.45) is 5.96. The first-order valence-corrected chi connectivity index (χ1v) is 7.33. The van der Waals surface area contributed by atoms with Crippen molar-refractivity contribution in [2.45, 2.75) is 44.1 Å². The van der Waals surface area contributed by atoms with Crippen molar-refractivity contribution < 1.29 is 9.59 Å². The predicted octanol–water partition coefficient (Wildman–Crippen LogP) is 0.0548. The van der Waals surface area contributed by atoms with E-state index in [0.29, 0.717) is 5.92 Å². The molecule has 20 heavy (non-hydrogen) atoms. The Kier molecular flexibility index (Phi) is 4.96. The molecule has 6 heteroatoms. The van der Waals surface area contributed by atoms with Crippen molar-refractivity contribution in [3.8, 4) is 6.07 Å². The molecule has 2 amide bonds. The second kappa shape index (κ2) is 6.71. The van der Waals surface area contributed by atoms with Crippen LogP contribution in [0.15, 0.2) is 0 Å². The SMILES string of the molecule is N#CCNC(=O)CNC1(C(=O)NCC2CC2)CCCC1. The summed E-state index contributed by atoms with van der Waals surface area (Å²) in [4.78, 5) is 23.9. The summed E-state index contributed by atoms with van der Waals surface area (Å²) in [6, 6.07) is 1.86. The van der Waals surface area contributed by atoms with E-state index in [-0.39, 0.29) is 24.9 Å². The van der Waals surface area contributed by atoms with Gasteiger partial charge in [0.05, 0.1) is 18.2 Å². The Labute approximate surface area is 119 Å². The third-order valence-electron chi connectivity index (χ3n) is 4.09. The molecule has 0 atom stereocenters. The van der Waals surface area contributed by atoms with E-state index in [2.05, 4.69) is 16.0 Å². The number of carbonyl (C=O) groups excluding carboxylic acids is 2. The largest absolute Gasteiger partial charge is 0.354 e. The highest BCUT2D eigenvalue weighted by atomic mass is 16.2. The van der Waals surface area contributed by atoms with Crippen LogP contribution in [0.2, 0.25) is 0 Å². The molecule has 2 aliphatic rings. The van der Waals surface area contributed by atoms with Crippen LogP contribution in [-0.4, -0.2) is 37.0 Å². The molecule has 0 heterocycles. The molecule has 0 aromatic carbocycles. The summed E-state index contributed by atoms with van der Waals surface area (Å²) in [7, 11) is 0. The van der Waals surface area contributed by atoms with Crippen LogP contribution in [0.25, 0.3) is 0 Å². The number of amides is 2. The van der Waals surface area contributed by atoms with Crippen LogP contribution in [0.5, 0.6) is 0 Å². The average Bonchev–Trinajstić information content (AvgIpc) is 3.16. The smallest absolute Gasteiger partial charge is 0.240 e. The highest BCUT2D eigenvalue weighted by Crippen LogP contribution is 2.31. The van der Waals surface area contributed by atoms with Crippen LogP contribution >= 0.6 is 0 Å². The van der Waals surface area contributed by atoms with Crippen LogP contribution in [0.1, 0.15) is 38.5 Å². The maximum Gasteiger partial charge on any atom is 0.240 e. The Morgan fingerprint density at radius 2 is 1.90 bits per heavy atom. The van der Waals surface area contributed by atoms with E-state index >= 15 is 0 Å². The molecule has 2 rings (SSSR count). The Hall–Kier alpha value is -1.61. The van der Waals surface area contributed by atoms with Crippen molar-refractivity contribution in [2.24, 2.45) is 5.92 Å². The number of hydrogen-bond acceptors (Lipinski definition) is 4. The van der Waals surface area contributed by atoms with Gasteiger partial charge in [-0.15, -0.1) is 0 Å². The van der Waals surface area contributed by atoms with Gasteiger partial charge >= 0.3 is 0 Å². The lowest BCUT2D eigenvalue weighted by molar-refractivity contribution is -0.128. The fraction of sp³-hybridized carbons (Fsp3) is 0.786. The number of carbonyl (C=O) groups is 2. The van der Waals surface area contributed by atoms with Crippen molar-refractivity contribution in [2.75, 3.05) is 19.6 Å². The molecule has 0 unspecified atom stereocenters. The fourth-order valence-electron chi connectivity index (χ4n) is 2.64. The third kappa shape index (κ3) is 3.94. The molecular formula is C14H22N4O2. The number of hydrogen-bond donors (Lipinski definition) is 3. The third-order valence-corrected chi connectivity index (χ3v) is 4.09. The zero-order chi connectivity index (χ0) is 14.4. The van der Waals surface area contributed by atoms with Crippen molar-refractivity contribution in [1.82, 2.24) is 16.0 Å². The van der Waals surface area contributed by atoms with Gasteiger partial charge in [-0.1, -0.05) is 12.8 Å². The number of nitrogens with zero attached hydrogens (tertiary/aromatic N) is 1. The molecule has 6 nitrogen and oxygen atoms in total. The summed E-state index contributed by atoms with van der Waals surface area (Å²) >= 11 is 0. The van der Waals surface area contributed by atoms with Crippen molar-refractivity contribution in [3.63, 3.8) is 0 Å². The molecule has 0 spiro atoms. The lowest BCUT2D eigenvalue weighted by Crippen LogP contribution is -2.57. The molecule has 110 valence electrons. The zero-order valence-corrected chi connectivity index (χ0v) is 11.7. The van der Waals surface area contributed by atoms with Crippen molar-refractivity contribution in [1.29, 1.82) is 5.26 Å². The molecule has 0 aromatic heterocycles. The molecule has 0 radical (unpaired) electrons. The molecule has 2 saturated carbocycles. The lowest BCUT2D eigenvalue weighted by Gasteiger charge is -2.29. The first-order valence-electron chi connectivity index (χ1n) is 7.33. The second-order valence-corrected chi connectivity index (χ2v) is 5.73. The van der Waals surface area contributed by atoms with Crippen LogP contribution < -0.4 is 16.0 Å². The van der Waals surface area contributed by atoms with Crippen LogP contribution in [0, 0.1) is 17.2 Å². The van der Waals surface area contributed by atoms with Gasteiger partial charge in [-0.3, -0.25) is 14.9 Å². The maximum atomic E-state index is 12.4. The van der Waals surface area contributed by atoms with Gasteiger partial charge in [-0.2, -0.15) is 5.26 Å². The molecule has 2 aliphatic carbocycles. The quantitative estimate of drug-likeness (QED) is 0.574. The van der Waals surface area contributed by atoms with Gasteiger partial charge in [-0.05, 0) is 31.6 Å². The topological polar surface area (TPSA) is 94.0 Å². The van der Waals surface area contributed by atoms with Gasteiger partial charge in [0.1, 0.15) is 6.54 Å². The molecule has 2 fully saturated rings. The average molecular weight is 278 g/mol. The van der Waals surface area contributed by atoms with E-state index in [0.717, 1.165) is 32.2 Å². The number of rotatable bonds is 7. The molecule has 0 aliphatic heterocycles. The summed E-state index contributed by atoms with van der Waals surface area (Å²) in [5.74, 6) is 0.430. The Balaban J connectivity index is 1.82. The van der Waals surface area contributed by atoms with Crippen LogP contribution in [-0.2, 0) is 9.59 Å². The summed E-state index contributed by atoms with van der Waals surface area (Å²) in [5, 5.41) is 17.0. The van der Waals surface area contributed by atoms with Gasteiger partial charge in [-0.25, -0.2) is 0 Å². The Morgan fingerprint density at radius 3 is 2.50 bits per heavy atom. The minimum absolute atomic E-state index is 0.00138. The normalized spacial score (nSPS) is 20.1. The van der Waals surface area contributed by atoms with Gasteiger partial charge < -0.3 is 10.6 Å². The molecule has 0 aromatic rings. The van der Waals surface area contributed by atoms with Gasteiger partial charge in [0, 0.05) is 6.54 Å². The van der Waals surface area contributed by atoms with E-state index in [1.54, 1.807) is 0 Å². The van der Waals surface area contributed by atoms with Gasteiger partial charge in [0.25, 0.3) is 0 Å². The summed E-state index contributed by atoms with van der Waals surface area (Å²) < 4.78 is 0. The zero-order valence-electron chi connectivity index (χ0n) is 11.7. The number of nitrogens with one attached hydrogen (secondary N) is 3. The Morgan fingerprint density at radius 1 is 1.20 bits per heavy atom. The van der Waals surface area contributed by atoms with Crippen LogP contribution in [0.4, 0.5) is 0 Å². The molecular weight excluding hydrogens is 256 g/mol. The minimum Gasteiger partial charge on any atom is -0.354 e. The summed E-state index contributed by atoms with van der Waals surface area (Å²) in [5.41, 5.74) is -0.598. The predicted molar refractivity (Wildman–Crippen MR) is 73.6 cm³/mol. The minimum atomic E-state index is -0.598. The first kappa shape index (κ1) is 14.8. The molecule has 0 bridgehead atoms. The van der Waals surface area contributed by atoms with Crippen LogP contribution in [0.3, 0.4) is 0 Å². The highest BCUT2D eigenvalue weighted by molar-refractivity contribution is 5.88. The molecule has 3 N–H and O–H groups in total. The monoisotopic (exact) mass is 278 g/mol. The Bertz CT molecular complexity index is 406. The van der Waals surface area contributed by atoms with E-state index in [1.807, 2.05) is 6.07 Å². The van der Waals surface area contributed by atoms with Crippen molar-refractivity contribution >= 4 is 11.8 Å². The lowest BCUT2D eigenvalue weighted by atomic mass is 9.96. The van der Waals surface area contributed by atoms with Crippen molar-refractivity contribution in [3.05, 3.63) is 0 Å². The second-order valence-electron chi connectivity index (χ2n) is 5.73. The molecule has 0 saturated heterocycles. The number of nitriles is 1. The van der Waals surface area contributed by atoms with E-state index in [9.17, 15) is 9.59 Å². The van der Waals surface area contributed by atoms with E-state index in [4.69, 9.17) is 5.26 Å². The van der Waals surface area contributed by atoms with Gasteiger partial charge in [0.2, 0.25) is 11.8 Å². The first-order chi connectivity index (χ1) is 9.66. The summed E-state index contributed by atoms with van der Waals surface area (Å²) in [6.45, 7) is 0.836.